The summed E-state index contributed by atoms with van der Waals surface area (Å²) < 4.78 is 4.93. The molecule has 0 saturated heterocycles. The van der Waals surface area contributed by atoms with Crippen molar-refractivity contribution in [3.05, 3.63) is 42.0 Å². The van der Waals surface area contributed by atoms with Crippen LogP contribution in [0.15, 0.2) is 44.7 Å². The number of aromatic nitrogens is 2. The normalized spacial score (nSPS) is 13.0. The fourth-order valence-corrected chi connectivity index (χ4v) is 2.76. The molecule has 7 heteroatoms. The number of nitrogens with one attached hydrogen (secondary N) is 2. The van der Waals surface area contributed by atoms with Gasteiger partial charge in [-0.15, -0.1) is 11.8 Å². The highest BCUT2D eigenvalue weighted by molar-refractivity contribution is 8.00. The maximum absolute atomic E-state index is 4.93. The van der Waals surface area contributed by atoms with Gasteiger partial charge in [0.1, 0.15) is 0 Å². The molecular weight excluding hydrogens is 298 g/mol. The molecule has 22 heavy (non-hydrogen) atoms. The Hall–Kier alpha value is -2.02. The highest BCUT2D eigenvalue weighted by Gasteiger charge is 2.07. The molecule has 118 valence electrons. The number of benzene rings is 1. The van der Waals surface area contributed by atoms with E-state index < -0.39 is 0 Å². The van der Waals surface area contributed by atoms with Crippen molar-refractivity contribution >= 4 is 17.7 Å². The summed E-state index contributed by atoms with van der Waals surface area (Å²) in [5.41, 5.74) is 0. The van der Waals surface area contributed by atoms with Gasteiger partial charge in [-0.25, -0.2) is 0 Å². The smallest absolute Gasteiger partial charge is 0.223 e. The van der Waals surface area contributed by atoms with Crippen LogP contribution >= 0.6 is 11.8 Å². The second-order valence-electron chi connectivity index (χ2n) is 4.78. The van der Waals surface area contributed by atoms with E-state index in [0.717, 1.165) is 12.5 Å². The van der Waals surface area contributed by atoms with E-state index in [2.05, 4.69) is 57.0 Å². The Labute approximate surface area is 134 Å². The average molecular weight is 319 g/mol. The predicted octanol–water partition coefficient (Wildman–Crippen LogP) is 2.22. The molecule has 1 aromatic carbocycles. The number of hydrogen-bond donors (Lipinski definition) is 2. The first kappa shape index (κ1) is 16.4. The molecule has 1 heterocycles. The summed E-state index contributed by atoms with van der Waals surface area (Å²) in [5, 5.41) is 10.7. The van der Waals surface area contributed by atoms with Crippen molar-refractivity contribution in [3.63, 3.8) is 0 Å². The molecule has 0 aliphatic rings. The highest BCUT2D eigenvalue weighted by atomic mass is 32.2. The minimum Gasteiger partial charge on any atom is -0.355 e. The lowest BCUT2D eigenvalue weighted by atomic mass is 10.4. The first-order valence-corrected chi connectivity index (χ1v) is 8.00. The van der Waals surface area contributed by atoms with E-state index in [1.807, 2.05) is 17.8 Å². The predicted molar refractivity (Wildman–Crippen MR) is 89.0 cm³/mol. The van der Waals surface area contributed by atoms with Crippen LogP contribution in [0.4, 0.5) is 0 Å². The van der Waals surface area contributed by atoms with Gasteiger partial charge < -0.3 is 15.2 Å². The number of hydrogen-bond acceptors (Lipinski definition) is 5. The molecule has 2 rings (SSSR count). The molecule has 1 atom stereocenters. The van der Waals surface area contributed by atoms with Crippen LogP contribution in [-0.2, 0) is 6.54 Å². The Bertz CT molecular complexity index is 599. The van der Waals surface area contributed by atoms with E-state index in [1.54, 1.807) is 14.0 Å². The van der Waals surface area contributed by atoms with Crippen molar-refractivity contribution in [3.8, 4) is 0 Å². The van der Waals surface area contributed by atoms with Gasteiger partial charge in [-0.05, 0) is 12.1 Å². The van der Waals surface area contributed by atoms with Gasteiger partial charge in [0.25, 0.3) is 0 Å². The zero-order valence-corrected chi connectivity index (χ0v) is 13.9. The SMILES string of the molecule is CN=C(NCc1noc(C)n1)NCC(C)Sc1ccccc1. The molecule has 0 radical (unpaired) electrons. The molecule has 1 aromatic heterocycles. The second-order valence-corrected chi connectivity index (χ2v) is 6.29. The fourth-order valence-electron chi connectivity index (χ4n) is 1.81. The summed E-state index contributed by atoms with van der Waals surface area (Å²) in [6, 6.07) is 10.4. The first-order chi connectivity index (χ1) is 10.7. The number of guanidine groups is 1. The molecule has 6 nitrogen and oxygen atoms in total. The summed E-state index contributed by atoms with van der Waals surface area (Å²) in [6.45, 7) is 5.24. The minimum absolute atomic E-state index is 0.424. The monoisotopic (exact) mass is 319 g/mol. The van der Waals surface area contributed by atoms with E-state index in [-0.39, 0.29) is 0 Å². The molecule has 0 aliphatic heterocycles. The lowest BCUT2D eigenvalue weighted by Gasteiger charge is -2.15. The van der Waals surface area contributed by atoms with Crippen LogP contribution in [0.5, 0.6) is 0 Å². The standard InChI is InChI=1S/C15H21N5OS/c1-11(22-13-7-5-4-6-8-13)9-17-15(16-3)18-10-14-19-12(2)21-20-14/h4-8,11H,9-10H2,1-3H3,(H2,16,17,18). The molecule has 0 fully saturated rings. The Morgan fingerprint density at radius 3 is 2.73 bits per heavy atom. The van der Waals surface area contributed by atoms with Crippen molar-refractivity contribution in [2.24, 2.45) is 4.99 Å². The number of aryl methyl sites for hydroxylation is 1. The van der Waals surface area contributed by atoms with Gasteiger partial charge in [-0.1, -0.05) is 30.3 Å². The van der Waals surface area contributed by atoms with Crippen LogP contribution in [0.25, 0.3) is 0 Å². The third-order valence-electron chi connectivity index (χ3n) is 2.84. The number of nitrogens with zero attached hydrogens (tertiary/aromatic N) is 3. The van der Waals surface area contributed by atoms with E-state index >= 15 is 0 Å². The molecule has 2 aromatic rings. The van der Waals surface area contributed by atoms with Crippen molar-refractivity contribution in [1.82, 2.24) is 20.8 Å². The molecule has 0 saturated carbocycles. The van der Waals surface area contributed by atoms with Gasteiger partial charge >= 0.3 is 0 Å². The van der Waals surface area contributed by atoms with Crippen LogP contribution < -0.4 is 10.6 Å². The van der Waals surface area contributed by atoms with Gasteiger partial charge in [0.15, 0.2) is 11.8 Å². The number of rotatable bonds is 6. The number of thioether (sulfide) groups is 1. The van der Waals surface area contributed by atoms with Crippen LogP contribution in [0.2, 0.25) is 0 Å². The van der Waals surface area contributed by atoms with Gasteiger partial charge in [-0.3, -0.25) is 4.99 Å². The molecule has 0 spiro atoms. The minimum atomic E-state index is 0.424. The van der Waals surface area contributed by atoms with Crippen LogP contribution in [0.3, 0.4) is 0 Å². The summed E-state index contributed by atoms with van der Waals surface area (Å²) in [5.74, 6) is 1.91. The lowest BCUT2D eigenvalue weighted by Crippen LogP contribution is -2.39. The molecule has 0 amide bonds. The molecule has 0 aliphatic carbocycles. The Morgan fingerprint density at radius 2 is 2.09 bits per heavy atom. The Morgan fingerprint density at radius 1 is 1.32 bits per heavy atom. The van der Waals surface area contributed by atoms with E-state index in [4.69, 9.17) is 4.52 Å². The molecule has 2 N–H and O–H groups in total. The topological polar surface area (TPSA) is 75.3 Å². The average Bonchev–Trinajstić information content (AvgIpc) is 2.94. The summed E-state index contributed by atoms with van der Waals surface area (Å²) in [7, 11) is 1.74. The van der Waals surface area contributed by atoms with E-state index in [0.29, 0.717) is 23.5 Å². The second kappa shape index (κ2) is 8.43. The van der Waals surface area contributed by atoms with Crippen LogP contribution in [0, 0.1) is 6.92 Å². The van der Waals surface area contributed by atoms with Crippen molar-refractivity contribution < 1.29 is 4.52 Å². The highest BCUT2D eigenvalue weighted by Crippen LogP contribution is 2.21. The van der Waals surface area contributed by atoms with Gasteiger partial charge in [0.05, 0.1) is 6.54 Å². The lowest BCUT2D eigenvalue weighted by molar-refractivity contribution is 0.387. The Kier molecular flexibility index (Phi) is 6.27. The van der Waals surface area contributed by atoms with Gasteiger partial charge in [0.2, 0.25) is 5.89 Å². The van der Waals surface area contributed by atoms with Crippen molar-refractivity contribution in [1.29, 1.82) is 0 Å². The third kappa shape index (κ3) is 5.40. The maximum Gasteiger partial charge on any atom is 0.223 e. The zero-order chi connectivity index (χ0) is 15.8. The van der Waals surface area contributed by atoms with Crippen molar-refractivity contribution in [2.45, 2.75) is 30.5 Å². The van der Waals surface area contributed by atoms with Crippen molar-refractivity contribution in [2.75, 3.05) is 13.6 Å². The molecule has 1 unspecified atom stereocenters. The molecule has 0 bridgehead atoms. The van der Waals surface area contributed by atoms with Gasteiger partial charge in [0, 0.05) is 30.7 Å². The first-order valence-electron chi connectivity index (χ1n) is 7.13. The molecular formula is C15H21N5OS. The summed E-state index contributed by atoms with van der Waals surface area (Å²) in [4.78, 5) is 9.59. The van der Waals surface area contributed by atoms with Crippen LogP contribution in [0.1, 0.15) is 18.6 Å². The summed E-state index contributed by atoms with van der Waals surface area (Å²) in [6.07, 6.45) is 0. The largest absolute Gasteiger partial charge is 0.355 e. The van der Waals surface area contributed by atoms with E-state index in [1.165, 1.54) is 4.90 Å². The fraction of sp³-hybridized carbons (Fsp3) is 0.400. The Balaban J connectivity index is 1.73. The van der Waals surface area contributed by atoms with Crippen LogP contribution in [-0.4, -0.2) is 34.9 Å². The van der Waals surface area contributed by atoms with Gasteiger partial charge in [-0.2, -0.15) is 4.98 Å². The number of aliphatic imine (C=N–C) groups is 1. The third-order valence-corrected chi connectivity index (χ3v) is 3.96. The maximum atomic E-state index is 4.93. The van der Waals surface area contributed by atoms with E-state index in [9.17, 15) is 0 Å². The summed E-state index contributed by atoms with van der Waals surface area (Å²) >= 11 is 1.83. The zero-order valence-electron chi connectivity index (χ0n) is 13.0. The quantitative estimate of drug-likeness (QED) is 0.483.